The van der Waals surface area contributed by atoms with Gasteiger partial charge in [0.15, 0.2) is 0 Å². The Morgan fingerprint density at radius 3 is 2.38 bits per heavy atom. The molecular formula is C25H30FN3O4S. The lowest BCUT2D eigenvalue weighted by Gasteiger charge is -2.29. The molecule has 7 nitrogen and oxygen atoms in total. The molecule has 182 valence electrons. The average Bonchev–Trinajstić information content (AvgIpc) is 3.23. The third-order valence-corrected chi connectivity index (χ3v) is 8.30. The Morgan fingerprint density at radius 1 is 1.06 bits per heavy atom. The fraction of sp³-hybridized carbons (Fsp3) is 0.440. The smallest absolute Gasteiger partial charge is 0.240 e. The summed E-state index contributed by atoms with van der Waals surface area (Å²) in [5, 5.41) is 2.98. The highest BCUT2D eigenvalue weighted by Crippen LogP contribution is 2.31. The Hall–Kier alpha value is -2.78. The summed E-state index contributed by atoms with van der Waals surface area (Å²) in [5.41, 5.74) is 2.46. The van der Waals surface area contributed by atoms with Crippen LogP contribution in [0.15, 0.2) is 47.4 Å². The van der Waals surface area contributed by atoms with Crippen LogP contribution in [0.3, 0.4) is 0 Å². The molecule has 1 aliphatic carbocycles. The first-order chi connectivity index (χ1) is 16.1. The van der Waals surface area contributed by atoms with Gasteiger partial charge in [0.25, 0.3) is 0 Å². The average molecular weight is 488 g/mol. The van der Waals surface area contributed by atoms with Gasteiger partial charge in [-0.15, -0.1) is 0 Å². The van der Waals surface area contributed by atoms with Crippen LogP contribution in [-0.2, 0) is 26.0 Å². The highest BCUT2D eigenvalue weighted by atomic mass is 32.2. The molecule has 2 aliphatic rings. The molecule has 2 amide bonds. The summed E-state index contributed by atoms with van der Waals surface area (Å²) in [6, 6.07) is 10.5. The molecular weight excluding hydrogens is 457 g/mol. The second-order valence-electron chi connectivity index (χ2n) is 9.16. The maximum absolute atomic E-state index is 13.1. The first-order valence-electron chi connectivity index (χ1n) is 11.6. The molecule has 34 heavy (non-hydrogen) atoms. The van der Waals surface area contributed by atoms with Crippen molar-refractivity contribution < 1.29 is 22.4 Å². The maximum atomic E-state index is 13.1. The van der Waals surface area contributed by atoms with E-state index in [0.717, 1.165) is 16.8 Å². The van der Waals surface area contributed by atoms with E-state index >= 15 is 0 Å². The number of carbonyl (C=O) groups excluding carboxylic acids is 2. The highest BCUT2D eigenvalue weighted by Gasteiger charge is 2.31. The molecule has 1 atom stereocenters. The molecule has 0 spiro atoms. The summed E-state index contributed by atoms with van der Waals surface area (Å²) in [6.07, 6.45) is 2.96. The summed E-state index contributed by atoms with van der Waals surface area (Å²) < 4.78 is 41.8. The molecule has 1 saturated carbocycles. The van der Waals surface area contributed by atoms with E-state index in [4.69, 9.17) is 0 Å². The first-order valence-corrected chi connectivity index (χ1v) is 13.1. The molecule has 0 radical (unpaired) electrons. The number of amides is 2. The van der Waals surface area contributed by atoms with Gasteiger partial charge in [0.2, 0.25) is 21.8 Å². The summed E-state index contributed by atoms with van der Waals surface area (Å²) >= 11 is 0. The van der Waals surface area contributed by atoms with Gasteiger partial charge in [0, 0.05) is 31.1 Å². The summed E-state index contributed by atoms with van der Waals surface area (Å²) in [5.74, 6) is -0.616. The van der Waals surface area contributed by atoms with E-state index in [1.54, 1.807) is 35.2 Å². The van der Waals surface area contributed by atoms with Crippen LogP contribution in [0.5, 0.6) is 0 Å². The third kappa shape index (κ3) is 5.31. The van der Waals surface area contributed by atoms with Crippen LogP contribution in [-0.4, -0.2) is 32.8 Å². The Bertz CT molecular complexity index is 1180. The van der Waals surface area contributed by atoms with E-state index < -0.39 is 10.0 Å². The Balaban J connectivity index is 1.31. The van der Waals surface area contributed by atoms with Crippen LogP contribution < -0.4 is 14.9 Å². The number of hydrogen-bond acceptors (Lipinski definition) is 4. The van der Waals surface area contributed by atoms with Crippen LogP contribution >= 0.6 is 0 Å². The normalized spacial score (nSPS) is 21.1. The number of carbonyl (C=O) groups is 2. The van der Waals surface area contributed by atoms with E-state index in [1.165, 1.54) is 19.1 Å². The Kier molecular flexibility index (Phi) is 7.04. The van der Waals surface area contributed by atoms with E-state index in [-0.39, 0.29) is 40.5 Å². The van der Waals surface area contributed by atoms with Crippen LogP contribution in [0.4, 0.5) is 10.1 Å². The van der Waals surface area contributed by atoms with Crippen molar-refractivity contribution in [3.05, 3.63) is 59.4 Å². The number of nitrogens with zero attached hydrogens (tertiary/aromatic N) is 1. The largest absolute Gasteiger partial charge is 0.349 e. The number of sulfonamides is 1. The highest BCUT2D eigenvalue weighted by molar-refractivity contribution is 7.89. The number of halogens is 1. The van der Waals surface area contributed by atoms with Crippen molar-refractivity contribution in [3.8, 4) is 0 Å². The fourth-order valence-corrected chi connectivity index (χ4v) is 6.15. The van der Waals surface area contributed by atoms with Crippen LogP contribution in [0.2, 0.25) is 0 Å². The SMILES string of the molecule is CC(=O)N1CCc2cc(S(=O)(=O)N[C@H]3CC[C@H](C(=O)N[C@H](C)c4ccc(F)cc4)CC3)ccc21. The molecule has 4 rings (SSSR count). The van der Waals surface area contributed by atoms with Crippen molar-refractivity contribution in [2.24, 2.45) is 5.92 Å². The van der Waals surface area contributed by atoms with Crippen LogP contribution in [0, 0.1) is 11.7 Å². The topological polar surface area (TPSA) is 95.6 Å². The molecule has 1 aliphatic heterocycles. The summed E-state index contributed by atoms with van der Waals surface area (Å²) in [6.45, 7) is 3.92. The van der Waals surface area contributed by atoms with Gasteiger partial charge in [-0.05, 0) is 80.5 Å². The molecule has 1 fully saturated rings. The molecule has 2 aromatic rings. The maximum Gasteiger partial charge on any atom is 0.240 e. The zero-order chi connectivity index (χ0) is 24.5. The monoisotopic (exact) mass is 487 g/mol. The van der Waals surface area contributed by atoms with Gasteiger partial charge in [-0.3, -0.25) is 9.59 Å². The lowest BCUT2D eigenvalue weighted by Crippen LogP contribution is -2.41. The molecule has 0 saturated heterocycles. The molecule has 9 heteroatoms. The number of hydrogen-bond donors (Lipinski definition) is 2. The van der Waals surface area contributed by atoms with Crippen molar-refractivity contribution in [1.82, 2.24) is 10.0 Å². The summed E-state index contributed by atoms with van der Waals surface area (Å²) in [4.78, 5) is 26.3. The minimum absolute atomic E-state index is 0.0552. The third-order valence-electron chi connectivity index (χ3n) is 6.79. The lowest BCUT2D eigenvalue weighted by atomic mass is 9.85. The standard InChI is InChI=1S/C25H30FN3O4S/c1-16(18-3-7-21(26)8-4-18)27-25(31)19-5-9-22(10-6-19)28-34(32,33)23-11-12-24-20(15-23)13-14-29(24)17(2)30/h3-4,7-8,11-12,15-16,19,22,28H,5-6,9-10,13-14H2,1-2H3,(H,27,31)/t16-,19-,22-/m1/s1. The molecule has 0 bridgehead atoms. The number of nitrogens with one attached hydrogen (secondary N) is 2. The number of benzene rings is 2. The van der Waals surface area contributed by atoms with Crippen LogP contribution in [0.25, 0.3) is 0 Å². The number of anilines is 1. The Morgan fingerprint density at radius 2 is 1.74 bits per heavy atom. The van der Waals surface area contributed by atoms with Crippen molar-refractivity contribution >= 4 is 27.5 Å². The minimum atomic E-state index is -3.70. The second-order valence-corrected chi connectivity index (χ2v) is 10.9. The van der Waals surface area contributed by atoms with Crippen molar-refractivity contribution in [3.63, 3.8) is 0 Å². The molecule has 2 aromatic carbocycles. The number of fused-ring (bicyclic) bond motifs is 1. The van der Waals surface area contributed by atoms with Gasteiger partial charge in [-0.25, -0.2) is 17.5 Å². The van der Waals surface area contributed by atoms with Gasteiger partial charge < -0.3 is 10.2 Å². The van der Waals surface area contributed by atoms with Gasteiger partial charge in [0.1, 0.15) is 5.82 Å². The molecule has 2 N–H and O–H groups in total. The Labute approximate surface area is 199 Å². The lowest BCUT2D eigenvalue weighted by molar-refractivity contribution is -0.126. The molecule has 0 unspecified atom stereocenters. The predicted octanol–water partition coefficient (Wildman–Crippen LogP) is 3.45. The first kappa shape index (κ1) is 24.3. The van der Waals surface area contributed by atoms with Crippen LogP contribution in [0.1, 0.15) is 56.7 Å². The van der Waals surface area contributed by atoms with Gasteiger partial charge in [-0.2, -0.15) is 0 Å². The predicted molar refractivity (Wildman–Crippen MR) is 127 cm³/mol. The zero-order valence-electron chi connectivity index (χ0n) is 19.4. The molecule has 0 aromatic heterocycles. The van der Waals surface area contributed by atoms with Crippen molar-refractivity contribution in [2.75, 3.05) is 11.4 Å². The van der Waals surface area contributed by atoms with E-state index in [9.17, 15) is 22.4 Å². The van der Waals surface area contributed by atoms with Crippen molar-refractivity contribution in [1.29, 1.82) is 0 Å². The fourth-order valence-electron chi connectivity index (χ4n) is 4.80. The van der Waals surface area contributed by atoms with Gasteiger partial charge in [-0.1, -0.05) is 12.1 Å². The second kappa shape index (κ2) is 9.84. The summed E-state index contributed by atoms with van der Waals surface area (Å²) in [7, 11) is -3.70. The van der Waals surface area contributed by atoms with E-state index in [1.807, 2.05) is 6.92 Å². The van der Waals surface area contributed by atoms with Crippen molar-refractivity contribution in [2.45, 2.75) is 62.9 Å². The quantitative estimate of drug-likeness (QED) is 0.653. The number of rotatable bonds is 6. The van der Waals surface area contributed by atoms with Gasteiger partial charge >= 0.3 is 0 Å². The van der Waals surface area contributed by atoms with E-state index in [0.29, 0.717) is 38.6 Å². The van der Waals surface area contributed by atoms with E-state index in [2.05, 4.69) is 10.0 Å². The van der Waals surface area contributed by atoms with Gasteiger partial charge in [0.05, 0.1) is 10.9 Å². The minimum Gasteiger partial charge on any atom is -0.349 e. The zero-order valence-corrected chi connectivity index (χ0v) is 20.2. The molecule has 1 heterocycles.